The highest BCUT2D eigenvalue weighted by Crippen LogP contribution is 2.34. The number of hydrogen-bond donors (Lipinski definition) is 2. The smallest absolute Gasteiger partial charge is 0.355 e. The van der Waals surface area contributed by atoms with Crippen LogP contribution in [0, 0.1) is 5.41 Å². The Morgan fingerprint density at radius 2 is 1.79 bits per heavy atom. The normalized spacial score (nSPS) is 12.0. The topological polar surface area (TPSA) is 58.2 Å². The van der Waals surface area contributed by atoms with E-state index in [0.29, 0.717) is 6.54 Å². The molecule has 0 aromatic heterocycles. The maximum Gasteiger partial charge on any atom is 0.416 e. The van der Waals surface area contributed by atoms with Gasteiger partial charge in [0.15, 0.2) is 0 Å². The Hall–Kier alpha value is -1.76. The number of rotatable bonds is 6. The molecule has 0 saturated carbocycles. The van der Waals surface area contributed by atoms with Crippen LogP contribution in [0.3, 0.4) is 0 Å². The van der Waals surface area contributed by atoms with E-state index in [0.717, 1.165) is 31.0 Å². The number of unbranched alkanes of at least 4 members (excludes halogenated alkanes) is 1. The fourth-order valence-electron chi connectivity index (χ4n) is 1.78. The fraction of sp³-hybridized carbons (Fsp3) is 0.500. The summed E-state index contributed by atoms with van der Waals surface area (Å²) in [4.78, 5) is 24.4. The summed E-state index contributed by atoms with van der Waals surface area (Å²) < 4.78 is 38.3. The molecule has 0 atom stereocenters. The van der Waals surface area contributed by atoms with Crippen LogP contribution in [0.5, 0.6) is 0 Å². The van der Waals surface area contributed by atoms with Gasteiger partial charge in [0, 0.05) is 6.54 Å². The highest BCUT2D eigenvalue weighted by molar-refractivity contribution is 6.34. The monoisotopic (exact) mass is 364 g/mol. The lowest BCUT2D eigenvalue weighted by Gasteiger charge is -2.23. The van der Waals surface area contributed by atoms with Crippen LogP contribution in [0.15, 0.2) is 18.2 Å². The molecule has 0 spiro atoms. The molecule has 1 rings (SSSR count). The molecule has 0 aliphatic carbocycles. The molecular formula is C16H20ClF3N2O2. The van der Waals surface area contributed by atoms with Gasteiger partial charge in [-0.2, -0.15) is 13.2 Å². The van der Waals surface area contributed by atoms with Crippen molar-refractivity contribution in [3.63, 3.8) is 0 Å². The summed E-state index contributed by atoms with van der Waals surface area (Å²) >= 11 is 5.84. The van der Waals surface area contributed by atoms with Crippen molar-refractivity contribution in [2.24, 2.45) is 5.41 Å². The molecule has 0 unspecified atom stereocenters. The van der Waals surface area contributed by atoms with Crippen molar-refractivity contribution < 1.29 is 22.8 Å². The Morgan fingerprint density at radius 3 is 2.33 bits per heavy atom. The van der Waals surface area contributed by atoms with Gasteiger partial charge in [-0.05, 0) is 38.5 Å². The zero-order valence-electron chi connectivity index (χ0n) is 13.7. The summed E-state index contributed by atoms with van der Waals surface area (Å²) in [7, 11) is 0. The molecule has 0 saturated heterocycles. The Bertz CT molecular complexity index is 616. The predicted molar refractivity (Wildman–Crippen MR) is 86.8 cm³/mol. The fourth-order valence-corrected chi connectivity index (χ4v) is 1.94. The minimum atomic E-state index is -4.56. The third-order valence-electron chi connectivity index (χ3n) is 3.49. The molecule has 0 fully saturated rings. The molecule has 24 heavy (non-hydrogen) atoms. The molecule has 2 N–H and O–H groups in total. The molecule has 0 aliphatic rings. The lowest BCUT2D eigenvalue weighted by Crippen LogP contribution is -2.45. The van der Waals surface area contributed by atoms with Gasteiger partial charge in [-0.15, -0.1) is 0 Å². The molecule has 8 heteroatoms. The molecule has 0 radical (unpaired) electrons. The van der Waals surface area contributed by atoms with E-state index >= 15 is 0 Å². The van der Waals surface area contributed by atoms with Crippen LogP contribution in [0.2, 0.25) is 5.02 Å². The minimum absolute atomic E-state index is 0.0430. The van der Waals surface area contributed by atoms with Gasteiger partial charge in [0.1, 0.15) is 5.41 Å². The third-order valence-corrected chi connectivity index (χ3v) is 3.82. The lowest BCUT2D eigenvalue weighted by molar-refractivity contribution is -0.139. The van der Waals surface area contributed by atoms with Crippen molar-refractivity contribution in [1.82, 2.24) is 5.32 Å². The molecule has 4 nitrogen and oxygen atoms in total. The lowest BCUT2D eigenvalue weighted by atomic mass is 9.90. The summed E-state index contributed by atoms with van der Waals surface area (Å²) in [5.41, 5.74) is -2.58. The van der Waals surface area contributed by atoms with Crippen molar-refractivity contribution in [3.8, 4) is 0 Å². The standard InChI is InChI=1S/C16H20ClF3N2O2/c1-4-5-8-21-13(23)15(2,3)14(24)22-12-9-10(16(18,19)20)6-7-11(12)17/h6-7,9H,4-5,8H2,1-3H3,(H,21,23)(H,22,24). The number of halogens is 4. The molecule has 1 aromatic carbocycles. The Morgan fingerprint density at radius 1 is 1.17 bits per heavy atom. The van der Waals surface area contributed by atoms with Crippen LogP contribution in [-0.4, -0.2) is 18.4 Å². The maximum absolute atomic E-state index is 12.8. The SMILES string of the molecule is CCCCNC(=O)C(C)(C)C(=O)Nc1cc(C(F)(F)F)ccc1Cl. The molecular weight excluding hydrogens is 345 g/mol. The second-order valence-electron chi connectivity index (χ2n) is 5.88. The number of amides is 2. The molecule has 0 aliphatic heterocycles. The maximum atomic E-state index is 12.8. The van der Waals surface area contributed by atoms with E-state index < -0.39 is 29.0 Å². The van der Waals surface area contributed by atoms with E-state index in [9.17, 15) is 22.8 Å². The van der Waals surface area contributed by atoms with Gasteiger partial charge in [-0.25, -0.2) is 0 Å². The van der Waals surface area contributed by atoms with Gasteiger partial charge in [-0.3, -0.25) is 9.59 Å². The van der Waals surface area contributed by atoms with E-state index in [-0.39, 0.29) is 10.7 Å². The summed E-state index contributed by atoms with van der Waals surface area (Å²) in [5, 5.41) is 4.89. The van der Waals surface area contributed by atoms with Crippen molar-refractivity contribution in [1.29, 1.82) is 0 Å². The molecule has 2 amide bonds. The Kier molecular flexibility index (Phi) is 6.66. The zero-order chi connectivity index (χ0) is 18.5. The second kappa shape index (κ2) is 7.88. The van der Waals surface area contributed by atoms with E-state index in [4.69, 9.17) is 11.6 Å². The average molecular weight is 365 g/mol. The highest BCUT2D eigenvalue weighted by Gasteiger charge is 2.37. The summed E-state index contributed by atoms with van der Waals surface area (Å²) in [5.74, 6) is -1.24. The van der Waals surface area contributed by atoms with Crippen molar-refractivity contribution in [2.75, 3.05) is 11.9 Å². The molecule has 0 heterocycles. The van der Waals surface area contributed by atoms with E-state index in [2.05, 4.69) is 10.6 Å². The quantitative estimate of drug-likeness (QED) is 0.586. The van der Waals surface area contributed by atoms with Crippen LogP contribution >= 0.6 is 11.6 Å². The van der Waals surface area contributed by atoms with E-state index in [1.165, 1.54) is 13.8 Å². The zero-order valence-corrected chi connectivity index (χ0v) is 14.4. The van der Waals surface area contributed by atoms with Crippen LogP contribution in [-0.2, 0) is 15.8 Å². The molecule has 1 aromatic rings. The molecule has 134 valence electrons. The number of nitrogens with one attached hydrogen (secondary N) is 2. The minimum Gasteiger partial charge on any atom is -0.355 e. The summed E-state index contributed by atoms with van der Waals surface area (Å²) in [6.07, 6.45) is -2.91. The van der Waals surface area contributed by atoms with Crippen LogP contribution in [0.4, 0.5) is 18.9 Å². The van der Waals surface area contributed by atoms with Gasteiger partial charge in [-0.1, -0.05) is 24.9 Å². The largest absolute Gasteiger partial charge is 0.416 e. The summed E-state index contributed by atoms with van der Waals surface area (Å²) in [6, 6.07) is 2.61. The first kappa shape index (κ1) is 20.3. The van der Waals surface area contributed by atoms with Gasteiger partial charge in [0.2, 0.25) is 11.8 Å². The molecule has 0 bridgehead atoms. The van der Waals surface area contributed by atoms with Crippen molar-refractivity contribution >= 4 is 29.1 Å². The number of benzene rings is 1. The second-order valence-corrected chi connectivity index (χ2v) is 6.29. The first-order valence-electron chi connectivity index (χ1n) is 7.46. The number of alkyl halides is 3. The number of anilines is 1. The van der Waals surface area contributed by atoms with Gasteiger partial charge in [0.25, 0.3) is 0 Å². The van der Waals surface area contributed by atoms with Gasteiger partial charge < -0.3 is 10.6 Å². The first-order chi connectivity index (χ1) is 11.0. The van der Waals surface area contributed by atoms with Crippen LogP contribution < -0.4 is 10.6 Å². The Balaban J connectivity index is 2.92. The third kappa shape index (κ3) is 5.12. The first-order valence-corrected chi connectivity index (χ1v) is 7.84. The van der Waals surface area contributed by atoms with Crippen molar-refractivity contribution in [2.45, 2.75) is 39.8 Å². The van der Waals surface area contributed by atoms with Crippen LogP contribution in [0.25, 0.3) is 0 Å². The Labute approximate surface area is 143 Å². The van der Waals surface area contributed by atoms with Crippen LogP contribution in [0.1, 0.15) is 39.2 Å². The van der Waals surface area contributed by atoms with Gasteiger partial charge >= 0.3 is 6.18 Å². The van der Waals surface area contributed by atoms with Gasteiger partial charge in [0.05, 0.1) is 16.3 Å². The number of hydrogen-bond acceptors (Lipinski definition) is 2. The van der Waals surface area contributed by atoms with Crippen molar-refractivity contribution in [3.05, 3.63) is 28.8 Å². The number of carbonyl (C=O) groups is 2. The van der Waals surface area contributed by atoms with E-state index in [1.54, 1.807) is 0 Å². The highest BCUT2D eigenvalue weighted by atomic mass is 35.5. The van der Waals surface area contributed by atoms with E-state index in [1.807, 2.05) is 6.92 Å². The summed E-state index contributed by atoms with van der Waals surface area (Å²) in [6.45, 7) is 5.17. The number of carbonyl (C=O) groups excluding carboxylic acids is 2. The average Bonchev–Trinajstić information content (AvgIpc) is 2.48. The predicted octanol–water partition coefficient (Wildman–Crippen LogP) is 4.24.